The van der Waals surface area contributed by atoms with E-state index in [2.05, 4.69) is 5.32 Å². The van der Waals surface area contributed by atoms with Gasteiger partial charge in [0.25, 0.3) is 0 Å². The minimum atomic E-state index is -0.962. The zero-order chi connectivity index (χ0) is 18.4. The van der Waals surface area contributed by atoms with E-state index in [4.69, 9.17) is 4.74 Å². The molecule has 0 aliphatic carbocycles. The predicted molar refractivity (Wildman–Crippen MR) is 95.1 cm³/mol. The highest BCUT2D eigenvalue weighted by Crippen LogP contribution is 2.18. The Morgan fingerprint density at radius 3 is 2.44 bits per heavy atom. The highest BCUT2D eigenvalue weighted by atomic mass is 19.1. The molecule has 6 heteroatoms. The lowest BCUT2D eigenvalue weighted by molar-refractivity contribution is 0.0550. The van der Waals surface area contributed by atoms with Crippen molar-refractivity contribution in [2.24, 2.45) is 0 Å². The molecule has 0 radical (unpaired) electrons. The molecule has 2 amide bonds. The Balaban J connectivity index is 1.89. The molecule has 134 valence electrons. The second-order valence-corrected chi connectivity index (χ2v) is 6.50. The number of halogens is 1. The van der Waals surface area contributed by atoms with Crippen molar-refractivity contribution in [2.45, 2.75) is 26.1 Å². The van der Waals surface area contributed by atoms with Gasteiger partial charge in [0, 0.05) is 18.3 Å². The highest BCUT2D eigenvalue weighted by molar-refractivity contribution is 5.89. The normalized spacial score (nSPS) is 11.1. The fourth-order valence-electron chi connectivity index (χ4n) is 2.28. The van der Waals surface area contributed by atoms with Gasteiger partial charge in [-0.3, -0.25) is 0 Å². The van der Waals surface area contributed by atoms with Crippen LogP contribution in [0.1, 0.15) is 19.4 Å². The Hall–Kier alpha value is -2.60. The molecule has 2 aromatic carbocycles. The number of anilines is 1. The van der Waals surface area contributed by atoms with Crippen LogP contribution in [0.2, 0.25) is 0 Å². The second kappa shape index (κ2) is 7.98. The van der Waals surface area contributed by atoms with Gasteiger partial charge in [-0.25, -0.2) is 9.18 Å². The number of carbonyl (C=O) groups excluding carboxylic acids is 1. The Kier molecular flexibility index (Phi) is 5.98. The van der Waals surface area contributed by atoms with E-state index in [0.29, 0.717) is 17.0 Å². The predicted octanol–water partition coefficient (Wildman–Crippen LogP) is 3.64. The number of hydrogen-bond acceptors (Lipinski definition) is 3. The molecule has 0 heterocycles. The fourth-order valence-corrected chi connectivity index (χ4v) is 2.28. The minimum Gasteiger partial charge on any atom is -0.489 e. The molecule has 0 atom stereocenters. The second-order valence-electron chi connectivity index (χ2n) is 6.50. The van der Waals surface area contributed by atoms with Crippen LogP contribution in [0, 0.1) is 5.82 Å². The van der Waals surface area contributed by atoms with Crippen molar-refractivity contribution < 1.29 is 19.0 Å². The van der Waals surface area contributed by atoms with Gasteiger partial charge < -0.3 is 20.1 Å². The number of amides is 2. The smallest absolute Gasteiger partial charge is 0.321 e. The summed E-state index contributed by atoms with van der Waals surface area (Å²) >= 11 is 0. The highest BCUT2D eigenvalue weighted by Gasteiger charge is 2.19. The standard InChI is InChI=1S/C19H23FN2O3/c1-19(2,24)13-22(3)18(23)21-15-8-10-16(11-9-15)25-12-14-6-4-5-7-17(14)20/h4-11,24H,12-13H2,1-3H3,(H,21,23). The number of rotatable bonds is 6. The lowest BCUT2D eigenvalue weighted by atomic mass is 10.1. The molecule has 0 aliphatic heterocycles. The average molecular weight is 346 g/mol. The molecule has 0 fully saturated rings. The third-order valence-corrected chi connectivity index (χ3v) is 3.43. The van der Waals surface area contributed by atoms with Crippen molar-refractivity contribution in [2.75, 3.05) is 18.9 Å². The molecule has 0 aromatic heterocycles. The molecular weight excluding hydrogens is 323 g/mol. The van der Waals surface area contributed by atoms with Crippen LogP contribution < -0.4 is 10.1 Å². The molecule has 0 saturated heterocycles. The minimum absolute atomic E-state index is 0.132. The van der Waals surface area contributed by atoms with Gasteiger partial charge in [-0.15, -0.1) is 0 Å². The van der Waals surface area contributed by atoms with E-state index in [1.165, 1.54) is 11.0 Å². The largest absolute Gasteiger partial charge is 0.489 e. The molecule has 5 nitrogen and oxygen atoms in total. The van der Waals surface area contributed by atoms with Gasteiger partial charge in [0.1, 0.15) is 18.2 Å². The number of likely N-dealkylation sites (N-methyl/N-ethyl adjacent to an activating group) is 1. The first-order valence-electron chi connectivity index (χ1n) is 7.95. The van der Waals surface area contributed by atoms with E-state index in [9.17, 15) is 14.3 Å². The van der Waals surface area contributed by atoms with E-state index < -0.39 is 5.60 Å². The number of urea groups is 1. The molecular formula is C19H23FN2O3. The quantitative estimate of drug-likeness (QED) is 0.839. The Labute approximate surface area is 147 Å². The Morgan fingerprint density at radius 1 is 1.20 bits per heavy atom. The summed E-state index contributed by atoms with van der Waals surface area (Å²) in [4.78, 5) is 13.5. The van der Waals surface area contributed by atoms with Gasteiger partial charge >= 0.3 is 6.03 Å². The summed E-state index contributed by atoms with van der Waals surface area (Å²) in [6.45, 7) is 3.62. The van der Waals surface area contributed by atoms with Crippen LogP contribution in [-0.2, 0) is 6.61 Å². The molecule has 0 spiro atoms. The average Bonchev–Trinajstić information content (AvgIpc) is 2.54. The molecule has 0 aliphatic rings. The lowest BCUT2D eigenvalue weighted by Crippen LogP contribution is -2.41. The monoisotopic (exact) mass is 346 g/mol. The maximum absolute atomic E-state index is 13.5. The first-order valence-corrected chi connectivity index (χ1v) is 7.95. The molecule has 2 aromatic rings. The third-order valence-electron chi connectivity index (χ3n) is 3.43. The van der Waals surface area contributed by atoms with E-state index in [0.717, 1.165) is 0 Å². The van der Waals surface area contributed by atoms with Gasteiger partial charge in [-0.2, -0.15) is 0 Å². The van der Waals surface area contributed by atoms with Crippen LogP contribution in [0.25, 0.3) is 0 Å². The number of nitrogens with one attached hydrogen (secondary N) is 1. The van der Waals surface area contributed by atoms with E-state index in [1.54, 1.807) is 63.4 Å². The summed E-state index contributed by atoms with van der Waals surface area (Å²) in [6.07, 6.45) is 0. The maximum atomic E-state index is 13.5. The molecule has 0 saturated carbocycles. The number of nitrogens with zero attached hydrogens (tertiary/aromatic N) is 1. The van der Waals surface area contributed by atoms with Crippen molar-refractivity contribution in [1.82, 2.24) is 4.90 Å². The summed E-state index contributed by atoms with van der Waals surface area (Å²) in [5.41, 5.74) is 0.121. The Bertz CT molecular complexity index is 711. The van der Waals surface area contributed by atoms with Crippen molar-refractivity contribution >= 4 is 11.7 Å². The van der Waals surface area contributed by atoms with E-state index in [1.807, 2.05) is 0 Å². The number of hydrogen-bond donors (Lipinski definition) is 2. The van der Waals surface area contributed by atoms with Gasteiger partial charge in [0.2, 0.25) is 0 Å². The molecule has 2 rings (SSSR count). The lowest BCUT2D eigenvalue weighted by Gasteiger charge is -2.25. The topological polar surface area (TPSA) is 61.8 Å². The van der Waals surface area contributed by atoms with Crippen LogP contribution >= 0.6 is 0 Å². The van der Waals surface area contributed by atoms with Gasteiger partial charge in [-0.1, -0.05) is 18.2 Å². The Morgan fingerprint density at radius 2 is 1.84 bits per heavy atom. The fraction of sp³-hybridized carbons (Fsp3) is 0.316. The van der Waals surface area contributed by atoms with Crippen LogP contribution in [-0.4, -0.2) is 35.2 Å². The third kappa shape index (κ3) is 6.08. The SMILES string of the molecule is CN(CC(C)(C)O)C(=O)Nc1ccc(OCc2ccccc2F)cc1. The van der Waals surface area contributed by atoms with Crippen LogP contribution in [0.15, 0.2) is 48.5 Å². The molecule has 0 bridgehead atoms. The first kappa shape index (κ1) is 18.7. The van der Waals surface area contributed by atoms with Crippen LogP contribution in [0.5, 0.6) is 5.75 Å². The van der Waals surface area contributed by atoms with Crippen molar-refractivity contribution in [1.29, 1.82) is 0 Å². The zero-order valence-corrected chi connectivity index (χ0v) is 14.6. The summed E-state index contributed by atoms with van der Waals surface area (Å²) < 4.78 is 19.1. The molecule has 0 unspecified atom stereocenters. The van der Waals surface area contributed by atoms with E-state index >= 15 is 0 Å². The summed E-state index contributed by atoms with van der Waals surface area (Å²) in [6, 6.07) is 12.9. The number of benzene rings is 2. The van der Waals surface area contributed by atoms with E-state index in [-0.39, 0.29) is 25.0 Å². The van der Waals surface area contributed by atoms with Crippen LogP contribution in [0.3, 0.4) is 0 Å². The number of ether oxygens (including phenoxy) is 1. The van der Waals surface area contributed by atoms with Crippen LogP contribution in [0.4, 0.5) is 14.9 Å². The first-order chi connectivity index (χ1) is 11.7. The van der Waals surface area contributed by atoms with Gasteiger partial charge in [0.05, 0.1) is 12.1 Å². The van der Waals surface area contributed by atoms with Crippen molar-refractivity contribution in [3.63, 3.8) is 0 Å². The molecule has 25 heavy (non-hydrogen) atoms. The maximum Gasteiger partial charge on any atom is 0.321 e. The zero-order valence-electron chi connectivity index (χ0n) is 14.6. The molecule has 2 N–H and O–H groups in total. The summed E-state index contributed by atoms with van der Waals surface area (Å²) in [7, 11) is 1.61. The van der Waals surface area contributed by atoms with Crippen molar-refractivity contribution in [3.05, 3.63) is 59.9 Å². The van der Waals surface area contributed by atoms with Crippen molar-refractivity contribution in [3.8, 4) is 5.75 Å². The summed E-state index contributed by atoms with van der Waals surface area (Å²) in [5.74, 6) is 0.271. The van der Waals surface area contributed by atoms with Gasteiger partial charge in [0.15, 0.2) is 0 Å². The van der Waals surface area contributed by atoms with Gasteiger partial charge in [-0.05, 0) is 44.2 Å². The number of aliphatic hydroxyl groups is 1. The number of carbonyl (C=O) groups is 1. The summed E-state index contributed by atoms with van der Waals surface area (Å²) in [5, 5.41) is 12.5.